The number of hydrogen-bond donors (Lipinski definition) is 1. The largest absolute Gasteiger partial charge is 0.496 e. The molecule has 0 unspecified atom stereocenters. The van der Waals surface area contributed by atoms with Crippen LogP contribution in [-0.2, 0) is 6.54 Å². The molecule has 7 nitrogen and oxygen atoms in total. The van der Waals surface area contributed by atoms with Crippen LogP contribution in [0.25, 0.3) is 5.69 Å². The van der Waals surface area contributed by atoms with Gasteiger partial charge in [0.05, 0.1) is 24.8 Å². The Morgan fingerprint density at radius 2 is 2.09 bits per heavy atom. The highest BCUT2D eigenvalue weighted by molar-refractivity contribution is 5.94. The van der Waals surface area contributed by atoms with Gasteiger partial charge in [0.25, 0.3) is 0 Å². The first-order chi connectivity index (χ1) is 16.8. The van der Waals surface area contributed by atoms with E-state index in [1.165, 1.54) is 6.07 Å². The summed E-state index contributed by atoms with van der Waals surface area (Å²) in [5.41, 5.74) is 5.14. The summed E-state index contributed by atoms with van der Waals surface area (Å²) in [7, 11) is 1.69. The highest BCUT2D eigenvalue weighted by atomic mass is 19.1. The van der Waals surface area contributed by atoms with Crippen LogP contribution in [0.4, 0.5) is 10.1 Å². The second-order valence-corrected chi connectivity index (χ2v) is 9.28. The van der Waals surface area contributed by atoms with E-state index in [2.05, 4.69) is 53.1 Å². The van der Waals surface area contributed by atoms with E-state index in [4.69, 9.17) is 4.74 Å². The first-order valence-electron chi connectivity index (χ1n) is 11.8. The number of ether oxygens (including phenoxy) is 1. The molecule has 4 rings (SSSR count). The van der Waals surface area contributed by atoms with Crippen molar-refractivity contribution in [2.75, 3.05) is 12.4 Å². The molecule has 1 fully saturated rings. The minimum atomic E-state index is -0.394. The molecule has 2 aromatic carbocycles. The van der Waals surface area contributed by atoms with Gasteiger partial charge in [-0.05, 0) is 79.6 Å². The van der Waals surface area contributed by atoms with Crippen molar-refractivity contribution in [1.82, 2.24) is 14.5 Å². The van der Waals surface area contributed by atoms with Crippen LogP contribution in [0.2, 0.25) is 0 Å². The Balaban J connectivity index is 1.61. The van der Waals surface area contributed by atoms with Crippen molar-refractivity contribution >= 4 is 11.6 Å². The molecule has 182 valence electrons. The second-order valence-electron chi connectivity index (χ2n) is 9.28. The van der Waals surface area contributed by atoms with E-state index >= 15 is 0 Å². The van der Waals surface area contributed by atoms with Gasteiger partial charge in [0.1, 0.15) is 11.6 Å². The van der Waals surface area contributed by atoms with Gasteiger partial charge in [-0.3, -0.25) is 0 Å². The fourth-order valence-corrected chi connectivity index (χ4v) is 4.18. The summed E-state index contributed by atoms with van der Waals surface area (Å²) in [5, 5.41) is 12.6. The van der Waals surface area contributed by atoms with E-state index < -0.39 is 5.82 Å². The molecule has 1 heterocycles. The highest BCUT2D eigenvalue weighted by Gasteiger charge is 2.32. The van der Waals surface area contributed by atoms with Crippen LogP contribution in [0, 0.1) is 31.1 Å². The molecule has 0 amide bonds. The summed E-state index contributed by atoms with van der Waals surface area (Å²) in [6.45, 7) is 8.79. The summed E-state index contributed by atoms with van der Waals surface area (Å²) in [6.07, 6.45) is 7.30. The number of methoxy groups -OCH3 is 1. The first-order valence-corrected chi connectivity index (χ1v) is 11.8. The Morgan fingerprint density at radius 3 is 2.66 bits per heavy atom. The standard InChI is InChI=1S/C27H31FN6O/c1-17(2)23-11-20(18(3)10-26(23)35-5)14-34(22-7-8-22)27(30-15-29)32-21-6-9-25(24(28)12-21)33-13-19(4)31-16-33/h6,9-13,16-17,22H,7-8,14H2,1-5H3,(H,30,32). The third-order valence-electron chi connectivity index (χ3n) is 6.26. The van der Waals surface area contributed by atoms with Gasteiger partial charge in [-0.15, -0.1) is 4.99 Å². The molecule has 0 aliphatic heterocycles. The molecule has 1 aliphatic carbocycles. The molecule has 1 aliphatic rings. The number of benzene rings is 2. The average molecular weight is 475 g/mol. The van der Waals surface area contributed by atoms with Gasteiger partial charge >= 0.3 is 0 Å². The van der Waals surface area contributed by atoms with Crippen LogP contribution in [-0.4, -0.2) is 33.6 Å². The van der Waals surface area contributed by atoms with Gasteiger partial charge in [-0.1, -0.05) is 13.8 Å². The topological polar surface area (TPSA) is 78.5 Å². The number of nitriles is 1. The van der Waals surface area contributed by atoms with Crippen LogP contribution in [0.1, 0.15) is 55.0 Å². The fraction of sp³-hybridized carbons (Fsp3) is 0.370. The lowest BCUT2D eigenvalue weighted by molar-refractivity contribution is 0.395. The predicted molar refractivity (Wildman–Crippen MR) is 135 cm³/mol. The molecule has 35 heavy (non-hydrogen) atoms. The Bertz CT molecular complexity index is 1290. The lowest BCUT2D eigenvalue weighted by Crippen LogP contribution is -2.38. The molecule has 0 bridgehead atoms. The van der Waals surface area contributed by atoms with E-state index in [1.54, 1.807) is 36.3 Å². The van der Waals surface area contributed by atoms with E-state index in [1.807, 2.05) is 13.1 Å². The maximum atomic E-state index is 14.9. The van der Waals surface area contributed by atoms with E-state index in [-0.39, 0.29) is 6.04 Å². The third kappa shape index (κ3) is 5.46. The number of hydrogen-bond acceptors (Lipinski definition) is 4. The zero-order chi connectivity index (χ0) is 25.1. The summed E-state index contributed by atoms with van der Waals surface area (Å²) in [4.78, 5) is 10.4. The monoisotopic (exact) mass is 474 g/mol. The molecular weight excluding hydrogens is 443 g/mol. The maximum absolute atomic E-state index is 14.9. The van der Waals surface area contributed by atoms with Crippen molar-refractivity contribution < 1.29 is 9.13 Å². The molecule has 1 aromatic heterocycles. The zero-order valence-electron chi connectivity index (χ0n) is 20.8. The maximum Gasteiger partial charge on any atom is 0.214 e. The van der Waals surface area contributed by atoms with Gasteiger partial charge in [-0.2, -0.15) is 5.26 Å². The van der Waals surface area contributed by atoms with Crippen LogP contribution < -0.4 is 10.1 Å². The summed E-state index contributed by atoms with van der Waals surface area (Å²) >= 11 is 0. The second kappa shape index (κ2) is 10.2. The lowest BCUT2D eigenvalue weighted by atomic mass is 9.96. The van der Waals surface area contributed by atoms with Crippen molar-refractivity contribution in [2.24, 2.45) is 4.99 Å². The number of nitrogens with zero attached hydrogens (tertiary/aromatic N) is 5. The van der Waals surface area contributed by atoms with Crippen molar-refractivity contribution in [1.29, 1.82) is 5.26 Å². The lowest BCUT2D eigenvalue weighted by Gasteiger charge is -2.28. The quantitative estimate of drug-likeness (QED) is 0.271. The smallest absolute Gasteiger partial charge is 0.214 e. The average Bonchev–Trinajstić information content (AvgIpc) is 3.57. The van der Waals surface area contributed by atoms with Crippen molar-refractivity contribution in [3.8, 4) is 17.6 Å². The van der Waals surface area contributed by atoms with Gasteiger partial charge < -0.3 is 19.5 Å². The van der Waals surface area contributed by atoms with Crippen molar-refractivity contribution in [2.45, 2.75) is 59.0 Å². The molecule has 0 radical (unpaired) electrons. The highest BCUT2D eigenvalue weighted by Crippen LogP contribution is 2.33. The molecular formula is C27H31FN6O. The predicted octanol–water partition coefficient (Wildman–Crippen LogP) is 5.67. The Morgan fingerprint density at radius 1 is 1.31 bits per heavy atom. The number of halogens is 1. The number of imidazole rings is 1. The molecule has 0 spiro atoms. The summed E-state index contributed by atoms with van der Waals surface area (Å²) < 4.78 is 22.2. The van der Waals surface area contributed by atoms with Crippen LogP contribution in [0.15, 0.2) is 47.8 Å². The Labute approximate surface area is 205 Å². The van der Waals surface area contributed by atoms with Crippen molar-refractivity contribution in [3.05, 3.63) is 71.1 Å². The van der Waals surface area contributed by atoms with Crippen LogP contribution in [0.5, 0.6) is 5.75 Å². The minimum Gasteiger partial charge on any atom is -0.496 e. The SMILES string of the molecule is COc1cc(C)c(CN(/C(=N\C#N)Nc2ccc(-n3cnc(C)c3)c(F)c2)C2CC2)cc1C(C)C. The number of aryl methyl sites for hydroxylation is 2. The summed E-state index contributed by atoms with van der Waals surface area (Å²) in [6, 6.07) is 9.40. The van der Waals surface area contributed by atoms with E-state index in [0.717, 1.165) is 41.0 Å². The van der Waals surface area contributed by atoms with E-state index in [0.29, 0.717) is 29.8 Å². The van der Waals surface area contributed by atoms with Gasteiger partial charge in [0.2, 0.25) is 12.2 Å². The number of anilines is 1. The third-order valence-corrected chi connectivity index (χ3v) is 6.26. The molecule has 8 heteroatoms. The summed E-state index contributed by atoms with van der Waals surface area (Å²) in [5.74, 6) is 1.22. The van der Waals surface area contributed by atoms with Gasteiger partial charge in [0.15, 0.2) is 0 Å². The van der Waals surface area contributed by atoms with Gasteiger partial charge in [-0.25, -0.2) is 9.37 Å². The Hall–Kier alpha value is -3.86. The number of guanidine groups is 1. The molecule has 0 saturated heterocycles. The zero-order valence-corrected chi connectivity index (χ0v) is 20.8. The molecule has 1 saturated carbocycles. The van der Waals surface area contributed by atoms with Crippen LogP contribution >= 0.6 is 0 Å². The van der Waals surface area contributed by atoms with Crippen LogP contribution in [0.3, 0.4) is 0 Å². The van der Waals surface area contributed by atoms with Gasteiger partial charge in [0, 0.05) is 24.5 Å². The first kappa shape index (κ1) is 24.3. The minimum absolute atomic E-state index is 0.275. The molecule has 1 N–H and O–H groups in total. The van der Waals surface area contributed by atoms with Crippen molar-refractivity contribution in [3.63, 3.8) is 0 Å². The number of rotatable bonds is 7. The molecule has 0 atom stereocenters. The number of aliphatic imine (C=N–C) groups is 1. The molecule has 3 aromatic rings. The number of aromatic nitrogens is 2. The normalized spacial score (nSPS) is 13.6. The fourth-order valence-electron chi connectivity index (χ4n) is 4.18. The Kier molecular flexibility index (Phi) is 7.06. The van der Waals surface area contributed by atoms with E-state index in [9.17, 15) is 9.65 Å². The number of nitrogens with one attached hydrogen (secondary N) is 1.